The Hall–Kier alpha value is -2.72. The van der Waals surface area contributed by atoms with Crippen LogP contribution in [-0.2, 0) is 0 Å². The highest BCUT2D eigenvalue weighted by atomic mass is 32.2. The first-order valence-electron chi connectivity index (χ1n) is 9.85. The van der Waals surface area contributed by atoms with Gasteiger partial charge in [0.2, 0.25) is 5.76 Å². The zero-order valence-electron chi connectivity index (χ0n) is 16.5. The second-order valence-corrected chi connectivity index (χ2v) is 8.16. The first kappa shape index (κ1) is 21.0. The number of aromatic nitrogens is 1. The van der Waals surface area contributed by atoms with Gasteiger partial charge in [-0.15, -0.1) is 0 Å². The Morgan fingerprint density at radius 1 is 1.41 bits per heavy atom. The van der Waals surface area contributed by atoms with E-state index in [0.29, 0.717) is 17.4 Å². The number of ether oxygens (including phenoxy) is 1. The van der Waals surface area contributed by atoms with E-state index in [4.69, 9.17) is 14.5 Å². The minimum Gasteiger partial charge on any atom is -0.474 e. The predicted octanol–water partition coefficient (Wildman–Crippen LogP) is 4.98. The molecule has 152 valence electrons. The van der Waals surface area contributed by atoms with Crippen LogP contribution in [0.4, 0.5) is 0 Å². The maximum absolute atomic E-state index is 12.7. The highest BCUT2D eigenvalue weighted by molar-refractivity contribution is 7.99. The van der Waals surface area contributed by atoms with Crippen LogP contribution in [0.15, 0.2) is 56.3 Å². The lowest BCUT2D eigenvalue weighted by atomic mass is 9.89. The highest BCUT2D eigenvalue weighted by Crippen LogP contribution is 2.37. The molecule has 0 bridgehead atoms. The molecular formula is C22H25N3O3S. The lowest BCUT2D eigenvalue weighted by Crippen LogP contribution is -2.25. The van der Waals surface area contributed by atoms with Crippen molar-refractivity contribution >= 4 is 17.7 Å². The number of nitriles is 1. The van der Waals surface area contributed by atoms with E-state index in [1.807, 2.05) is 36.4 Å². The van der Waals surface area contributed by atoms with Gasteiger partial charge in [0.05, 0.1) is 12.5 Å². The van der Waals surface area contributed by atoms with E-state index in [-0.39, 0.29) is 30.6 Å². The van der Waals surface area contributed by atoms with Crippen LogP contribution in [-0.4, -0.2) is 24.2 Å². The Balaban J connectivity index is 1.67. The molecule has 1 atom stereocenters. The molecule has 1 aliphatic carbocycles. The Kier molecular flexibility index (Phi) is 7.77. The fourth-order valence-electron chi connectivity index (χ4n) is 3.22. The van der Waals surface area contributed by atoms with E-state index >= 15 is 0 Å². The summed E-state index contributed by atoms with van der Waals surface area (Å²) >= 11 is 1.36. The molecule has 1 unspecified atom stereocenters. The number of hydrogen-bond acceptors (Lipinski definition) is 6. The van der Waals surface area contributed by atoms with E-state index in [9.17, 15) is 4.79 Å². The van der Waals surface area contributed by atoms with Crippen molar-refractivity contribution in [2.24, 2.45) is 5.92 Å². The number of nitrogens with one attached hydrogen (secondary N) is 1. The van der Waals surface area contributed by atoms with Gasteiger partial charge in [0.15, 0.2) is 0 Å². The van der Waals surface area contributed by atoms with E-state index in [2.05, 4.69) is 23.5 Å². The Morgan fingerprint density at radius 3 is 3.00 bits per heavy atom. The third kappa shape index (κ3) is 6.13. The van der Waals surface area contributed by atoms with Gasteiger partial charge in [-0.25, -0.2) is 0 Å². The van der Waals surface area contributed by atoms with Crippen molar-refractivity contribution in [3.63, 3.8) is 0 Å². The molecule has 3 rings (SSSR count). The lowest BCUT2D eigenvalue weighted by molar-refractivity contribution is 0.0913. The summed E-state index contributed by atoms with van der Waals surface area (Å²) in [6, 6.07) is 11.7. The molecular weight excluding hydrogens is 386 g/mol. The number of rotatable bonds is 9. The smallest absolute Gasteiger partial charge is 0.291 e. The summed E-state index contributed by atoms with van der Waals surface area (Å²) in [5.41, 5.74) is 1.40. The van der Waals surface area contributed by atoms with E-state index in [0.717, 1.165) is 24.2 Å². The van der Waals surface area contributed by atoms with Gasteiger partial charge in [-0.05, 0) is 48.9 Å². The molecule has 0 aliphatic heterocycles. The maximum atomic E-state index is 12.7. The molecule has 6 nitrogen and oxygen atoms in total. The Bertz CT molecular complexity index is 886. The van der Waals surface area contributed by atoms with Gasteiger partial charge in [-0.3, -0.25) is 4.79 Å². The number of amides is 1. The Labute approximate surface area is 175 Å². The molecule has 1 aromatic heterocycles. The summed E-state index contributed by atoms with van der Waals surface area (Å²) < 4.78 is 10.9. The average Bonchev–Trinajstić information content (AvgIpc) is 3.11. The summed E-state index contributed by atoms with van der Waals surface area (Å²) in [4.78, 5) is 14.2. The van der Waals surface area contributed by atoms with Crippen LogP contribution in [0.5, 0.6) is 5.88 Å². The van der Waals surface area contributed by atoms with Crippen LogP contribution < -0.4 is 10.1 Å². The second-order valence-electron chi connectivity index (χ2n) is 7.07. The van der Waals surface area contributed by atoms with Crippen LogP contribution in [0.25, 0.3) is 0 Å². The van der Waals surface area contributed by atoms with Gasteiger partial charge >= 0.3 is 0 Å². The molecule has 0 fully saturated rings. The van der Waals surface area contributed by atoms with Gasteiger partial charge in [0, 0.05) is 11.4 Å². The third-order valence-corrected chi connectivity index (χ3v) is 5.75. The third-order valence-electron chi connectivity index (χ3n) is 4.68. The summed E-state index contributed by atoms with van der Waals surface area (Å²) in [6.45, 7) is 3.01. The molecule has 29 heavy (non-hydrogen) atoms. The highest BCUT2D eigenvalue weighted by Gasteiger charge is 2.24. The van der Waals surface area contributed by atoms with Crippen molar-refractivity contribution in [2.75, 3.05) is 13.2 Å². The summed E-state index contributed by atoms with van der Waals surface area (Å²) in [5, 5.41) is 15.6. The van der Waals surface area contributed by atoms with Gasteiger partial charge in [-0.2, -0.15) is 5.26 Å². The SMILES string of the molecule is CC1CCC=C(CCNC(=O)c2onc(OCCC#N)c2Sc2ccccc2)C1. The number of allylic oxidation sites excluding steroid dienone is 1. The van der Waals surface area contributed by atoms with Gasteiger partial charge < -0.3 is 14.6 Å². The monoisotopic (exact) mass is 411 g/mol. The topological polar surface area (TPSA) is 88.2 Å². The Morgan fingerprint density at radius 2 is 2.24 bits per heavy atom. The first-order valence-corrected chi connectivity index (χ1v) is 10.7. The zero-order chi connectivity index (χ0) is 20.5. The number of benzene rings is 1. The van der Waals surface area contributed by atoms with E-state index in [1.54, 1.807) is 0 Å². The van der Waals surface area contributed by atoms with Crippen LogP contribution >= 0.6 is 11.8 Å². The summed E-state index contributed by atoms with van der Waals surface area (Å²) in [5.74, 6) is 0.775. The van der Waals surface area contributed by atoms with E-state index in [1.165, 1.54) is 23.8 Å². The molecule has 1 amide bonds. The normalized spacial score (nSPS) is 16.0. The molecule has 1 aromatic carbocycles. The second kappa shape index (κ2) is 10.7. The molecule has 7 heteroatoms. The fraction of sp³-hybridized carbons (Fsp3) is 0.409. The standard InChI is InChI=1S/C22H25N3O3S/c1-16-7-5-8-17(15-16)11-13-24-21(26)19-20(29-18-9-3-2-4-10-18)22(25-28-19)27-14-6-12-23/h2-4,8-10,16H,5-7,11,13-15H2,1H3,(H,24,26). The van der Waals surface area contributed by atoms with Crippen molar-refractivity contribution in [1.29, 1.82) is 5.26 Å². The zero-order valence-corrected chi connectivity index (χ0v) is 17.3. The van der Waals surface area contributed by atoms with Crippen LogP contribution in [0.1, 0.15) is 49.6 Å². The number of nitrogens with zero attached hydrogens (tertiary/aromatic N) is 2. The van der Waals surface area contributed by atoms with Crippen molar-refractivity contribution in [1.82, 2.24) is 10.5 Å². The van der Waals surface area contributed by atoms with Crippen LogP contribution in [0, 0.1) is 17.2 Å². The van der Waals surface area contributed by atoms with Gasteiger partial charge in [0.25, 0.3) is 11.8 Å². The van der Waals surface area contributed by atoms with Crippen molar-refractivity contribution < 1.29 is 14.1 Å². The van der Waals surface area contributed by atoms with Gasteiger partial charge in [0.1, 0.15) is 11.5 Å². The van der Waals surface area contributed by atoms with Crippen molar-refractivity contribution in [3.05, 3.63) is 47.7 Å². The van der Waals surface area contributed by atoms with Gasteiger partial charge in [-0.1, -0.05) is 48.5 Å². The summed E-state index contributed by atoms with van der Waals surface area (Å²) in [7, 11) is 0. The molecule has 0 saturated heterocycles. The molecule has 0 radical (unpaired) electrons. The number of carbonyl (C=O) groups excluding carboxylic acids is 1. The predicted molar refractivity (Wildman–Crippen MR) is 111 cm³/mol. The average molecular weight is 412 g/mol. The molecule has 1 heterocycles. The number of carbonyl (C=O) groups is 1. The minimum absolute atomic E-state index is 0.136. The molecule has 2 aromatic rings. The van der Waals surface area contributed by atoms with Crippen molar-refractivity contribution in [3.8, 4) is 11.9 Å². The van der Waals surface area contributed by atoms with E-state index < -0.39 is 0 Å². The van der Waals surface area contributed by atoms with Crippen LogP contribution in [0.2, 0.25) is 0 Å². The first-order chi connectivity index (χ1) is 14.2. The molecule has 1 N–H and O–H groups in total. The fourth-order valence-corrected chi connectivity index (χ4v) is 4.15. The largest absolute Gasteiger partial charge is 0.474 e. The maximum Gasteiger partial charge on any atom is 0.291 e. The number of hydrogen-bond donors (Lipinski definition) is 1. The van der Waals surface area contributed by atoms with Crippen molar-refractivity contribution in [2.45, 2.75) is 48.8 Å². The molecule has 0 spiro atoms. The van der Waals surface area contributed by atoms with Crippen LogP contribution in [0.3, 0.4) is 0 Å². The summed E-state index contributed by atoms with van der Waals surface area (Å²) in [6.07, 6.45) is 6.83. The quantitative estimate of drug-likeness (QED) is 0.462. The minimum atomic E-state index is -0.310. The lowest BCUT2D eigenvalue weighted by Gasteiger charge is -2.19. The molecule has 1 aliphatic rings. The molecule has 0 saturated carbocycles.